The number of thioether (sulfide) groups is 1. The molecule has 0 saturated carbocycles. The summed E-state index contributed by atoms with van der Waals surface area (Å²) in [5.74, 6) is 0.670. The van der Waals surface area contributed by atoms with Crippen molar-refractivity contribution >= 4 is 17.7 Å². The maximum Gasteiger partial charge on any atom is 0.270 e. The Balaban J connectivity index is 1.55. The molecule has 1 amide bonds. The average Bonchev–Trinajstić information content (AvgIpc) is 3.30. The molecule has 4 rings (SSSR count). The zero-order chi connectivity index (χ0) is 22.3. The van der Waals surface area contributed by atoms with Gasteiger partial charge in [0.2, 0.25) is 0 Å². The van der Waals surface area contributed by atoms with Gasteiger partial charge in [-0.15, -0.1) is 0 Å². The number of hydrogen-bond acceptors (Lipinski definition) is 6. The molecule has 1 aliphatic rings. The van der Waals surface area contributed by atoms with E-state index in [-0.39, 0.29) is 11.9 Å². The van der Waals surface area contributed by atoms with Crippen LogP contribution in [0.4, 0.5) is 0 Å². The molecule has 0 radical (unpaired) electrons. The van der Waals surface area contributed by atoms with E-state index in [9.17, 15) is 4.79 Å². The third kappa shape index (κ3) is 4.98. The van der Waals surface area contributed by atoms with Gasteiger partial charge in [-0.3, -0.25) is 14.3 Å². The number of imidazole rings is 1. The first-order valence-electron chi connectivity index (χ1n) is 10.6. The first-order chi connectivity index (χ1) is 15.7. The number of aromatic nitrogens is 2. The molecule has 32 heavy (non-hydrogen) atoms. The minimum Gasteiger partial charge on any atom is -0.497 e. The van der Waals surface area contributed by atoms with Gasteiger partial charge in [0.25, 0.3) is 5.91 Å². The minimum atomic E-state index is -0.145. The Bertz CT molecular complexity index is 1020. The molecule has 1 fully saturated rings. The molecule has 1 N–H and O–H groups in total. The summed E-state index contributed by atoms with van der Waals surface area (Å²) < 4.78 is 12.7. The lowest BCUT2D eigenvalue weighted by atomic mass is 10.0. The molecule has 1 aliphatic heterocycles. The summed E-state index contributed by atoms with van der Waals surface area (Å²) in [5, 5.41) is 3.93. The van der Waals surface area contributed by atoms with Crippen LogP contribution in [0.5, 0.6) is 5.75 Å². The summed E-state index contributed by atoms with van der Waals surface area (Å²) in [7, 11) is 1.66. The second-order valence-corrected chi connectivity index (χ2v) is 8.22. The van der Waals surface area contributed by atoms with Crippen LogP contribution in [0.25, 0.3) is 5.69 Å². The summed E-state index contributed by atoms with van der Waals surface area (Å²) in [6.45, 7) is 3.52. The van der Waals surface area contributed by atoms with Gasteiger partial charge in [0.05, 0.1) is 32.6 Å². The van der Waals surface area contributed by atoms with Crippen molar-refractivity contribution in [2.45, 2.75) is 11.2 Å². The standard InChI is InChI=1S/C24H28N4O3S/c1-30-20-10-8-18(9-11-20)21(27-12-14-31-15-13-27)16-25-23(29)22-17-26-24(32-2)28(22)19-6-4-3-5-7-19/h3-11,17,21H,12-16H2,1-2H3,(H,25,29)/t21-/m1/s1. The highest BCUT2D eigenvalue weighted by Crippen LogP contribution is 2.25. The fourth-order valence-corrected chi connectivity index (χ4v) is 4.46. The van der Waals surface area contributed by atoms with E-state index in [0.29, 0.717) is 25.5 Å². The molecule has 0 unspecified atom stereocenters. The van der Waals surface area contributed by atoms with E-state index in [1.54, 1.807) is 13.3 Å². The smallest absolute Gasteiger partial charge is 0.270 e. The van der Waals surface area contributed by atoms with Crippen molar-refractivity contribution in [2.24, 2.45) is 0 Å². The Labute approximate surface area is 192 Å². The summed E-state index contributed by atoms with van der Waals surface area (Å²) in [4.78, 5) is 20.0. The van der Waals surface area contributed by atoms with E-state index in [2.05, 4.69) is 27.3 Å². The third-order valence-electron chi connectivity index (χ3n) is 5.60. The quantitative estimate of drug-likeness (QED) is 0.529. The van der Waals surface area contributed by atoms with E-state index in [1.807, 2.05) is 53.3 Å². The molecular formula is C24H28N4O3S. The highest BCUT2D eigenvalue weighted by atomic mass is 32.2. The monoisotopic (exact) mass is 452 g/mol. The van der Waals surface area contributed by atoms with Crippen molar-refractivity contribution in [1.29, 1.82) is 0 Å². The van der Waals surface area contributed by atoms with Crippen molar-refractivity contribution in [1.82, 2.24) is 19.8 Å². The number of amides is 1. The number of nitrogens with zero attached hydrogens (tertiary/aromatic N) is 3. The van der Waals surface area contributed by atoms with Crippen LogP contribution in [0, 0.1) is 0 Å². The number of carbonyl (C=O) groups excluding carboxylic acids is 1. The van der Waals surface area contributed by atoms with Crippen LogP contribution >= 0.6 is 11.8 Å². The Kier molecular flexibility index (Phi) is 7.47. The maximum absolute atomic E-state index is 13.2. The van der Waals surface area contributed by atoms with E-state index in [4.69, 9.17) is 9.47 Å². The number of nitrogens with one attached hydrogen (secondary N) is 1. The SMILES string of the molecule is COc1ccc([C@@H](CNC(=O)c2cnc(SC)n2-c2ccccc2)N2CCOCC2)cc1. The number of rotatable bonds is 8. The third-order valence-corrected chi connectivity index (χ3v) is 6.26. The second-order valence-electron chi connectivity index (χ2n) is 7.45. The Hall–Kier alpha value is -2.81. The van der Waals surface area contributed by atoms with Gasteiger partial charge >= 0.3 is 0 Å². The molecule has 7 nitrogen and oxygen atoms in total. The van der Waals surface area contributed by atoms with Crippen LogP contribution < -0.4 is 10.1 Å². The lowest BCUT2D eigenvalue weighted by molar-refractivity contribution is 0.0162. The fraction of sp³-hybridized carbons (Fsp3) is 0.333. The number of para-hydroxylation sites is 1. The van der Waals surface area contributed by atoms with Crippen LogP contribution in [0.2, 0.25) is 0 Å². The highest BCUT2D eigenvalue weighted by molar-refractivity contribution is 7.98. The molecule has 1 aromatic heterocycles. The Morgan fingerprint density at radius 2 is 1.88 bits per heavy atom. The molecule has 0 aliphatic carbocycles. The fourth-order valence-electron chi connectivity index (χ4n) is 3.92. The molecule has 2 heterocycles. The molecular weight excluding hydrogens is 424 g/mol. The van der Waals surface area contributed by atoms with Gasteiger partial charge in [-0.25, -0.2) is 4.98 Å². The van der Waals surface area contributed by atoms with Crippen LogP contribution in [0.3, 0.4) is 0 Å². The van der Waals surface area contributed by atoms with Crippen molar-refractivity contribution in [3.63, 3.8) is 0 Å². The van der Waals surface area contributed by atoms with Gasteiger partial charge in [-0.2, -0.15) is 0 Å². The van der Waals surface area contributed by atoms with E-state index < -0.39 is 0 Å². The van der Waals surface area contributed by atoms with Gasteiger partial charge in [0, 0.05) is 25.3 Å². The first-order valence-corrected chi connectivity index (χ1v) is 11.8. The molecule has 1 atom stereocenters. The van der Waals surface area contributed by atoms with Crippen LogP contribution in [0.15, 0.2) is 66.0 Å². The van der Waals surface area contributed by atoms with Gasteiger partial charge < -0.3 is 14.8 Å². The van der Waals surface area contributed by atoms with Crippen molar-refractivity contribution in [2.75, 3.05) is 46.2 Å². The van der Waals surface area contributed by atoms with Gasteiger partial charge in [-0.1, -0.05) is 42.1 Å². The molecule has 1 saturated heterocycles. The van der Waals surface area contributed by atoms with Crippen molar-refractivity contribution < 1.29 is 14.3 Å². The molecule has 0 bridgehead atoms. The number of benzene rings is 2. The number of morpholine rings is 1. The number of methoxy groups -OCH3 is 1. The lowest BCUT2D eigenvalue weighted by Gasteiger charge is -2.35. The predicted molar refractivity (Wildman–Crippen MR) is 126 cm³/mol. The van der Waals surface area contributed by atoms with Crippen LogP contribution in [0.1, 0.15) is 22.1 Å². The van der Waals surface area contributed by atoms with Crippen LogP contribution in [-0.4, -0.2) is 66.6 Å². The number of ether oxygens (including phenoxy) is 2. The summed E-state index contributed by atoms with van der Waals surface area (Å²) in [5.41, 5.74) is 2.57. The lowest BCUT2D eigenvalue weighted by Crippen LogP contribution is -2.44. The second kappa shape index (κ2) is 10.7. The number of carbonyl (C=O) groups is 1. The van der Waals surface area contributed by atoms with E-state index >= 15 is 0 Å². The predicted octanol–water partition coefficient (Wildman–Crippen LogP) is 3.41. The molecule has 168 valence electrons. The highest BCUT2D eigenvalue weighted by Gasteiger charge is 2.25. The number of hydrogen-bond donors (Lipinski definition) is 1. The molecule has 2 aromatic carbocycles. The normalized spacial score (nSPS) is 15.3. The summed E-state index contributed by atoms with van der Waals surface area (Å²) in [6, 6.07) is 17.9. The Morgan fingerprint density at radius 3 is 2.53 bits per heavy atom. The minimum absolute atomic E-state index is 0.0434. The Morgan fingerprint density at radius 1 is 1.16 bits per heavy atom. The maximum atomic E-state index is 13.2. The van der Waals surface area contributed by atoms with Gasteiger partial charge in [-0.05, 0) is 36.1 Å². The van der Waals surface area contributed by atoms with E-state index in [1.165, 1.54) is 11.8 Å². The van der Waals surface area contributed by atoms with Gasteiger partial charge in [0.15, 0.2) is 5.16 Å². The van der Waals surface area contributed by atoms with Crippen molar-refractivity contribution in [3.05, 3.63) is 72.1 Å². The molecule has 8 heteroatoms. The van der Waals surface area contributed by atoms with Gasteiger partial charge in [0.1, 0.15) is 11.4 Å². The first kappa shape index (κ1) is 22.4. The largest absolute Gasteiger partial charge is 0.497 e. The topological polar surface area (TPSA) is 68.6 Å². The summed E-state index contributed by atoms with van der Waals surface area (Å²) in [6.07, 6.45) is 3.60. The van der Waals surface area contributed by atoms with E-state index in [0.717, 1.165) is 35.2 Å². The molecule has 3 aromatic rings. The molecule has 0 spiro atoms. The average molecular weight is 453 g/mol. The van der Waals surface area contributed by atoms with Crippen LogP contribution in [-0.2, 0) is 4.74 Å². The zero-order valence-electron chi connectivity index (χ0n) is 18.4. The summed E-state index contributed by atoms with van der Waals surface area (Å²) >= 11 is 1.51. The zero-order valence-corrected chi connectivity index (χ0v) is 19.2. The van der Waals surface area contributed by atoms with Crippen molar-refractivity contribution in [3.8, 4) is 11.4 Å².